The van der Waals surface area contributed by atoms with Gasteiger partial charge in [-0.15, -0.1) is 0 Å². The number of nitrogens with one attached hydrogen (secondary N) is 2. The number of rotatable bonds is 5. The summed E-state index contributed by atoms with van der Waals surface area (Å²) in [6.07, 6.45) is 1.34. The van der Waals surface area contributed by atoms with Crippen molar-refractivity contribution >= 4 is 17.4 Å². The van der Waals surface area contributed by atoms with Gasteiger partial charge < -0.3 is 10.6 Å². The second kappa shape index (κ2) is 7.74. The number of aromatic nitrogens is 2. The lowest BCUT2D eigenvalue weighted by molar-refractivity contribution is 0.102. The van der Waals surface area contributed by atoms with Crippen LogP contribution in [0.2, 0.25) is 0 Å². The van der Waals surface area contributed by atoms with Gasteiger partial charge in [-0.2, -0.15) is 0 Å². The lowest BCUT2D eigenvalue weighted by Gasteiger charge is -2.10. The Morgan fingerprint density at radius 2 is 1.81 bits per heavy atom. The third-order valence-corrected chi connectivity index (χ3v) is 3.92. The molecule has 3 aromatic rings. The summed E-state index contributed by atoms with van der Waals surface area (Å²) in [4.78, 5) is 20.6. The van der Waals surface area contributed by atoms with Crippen LogP contribution in [0.5, 0.6) is 0 Å². The van der Waals surface area contributed by atoms with E-state index in [9.17, 15) is 9.18 Å². The quantitative estimate of drug-likeness (QED) is 0.727. The van der Waals surface area contributed by atoms with E-state index in [1.807, 2.05) is 32.0 Å². The molecule has 0 fully saturated rings. The third kappa shape index (κ3) is 4.42. The van der Waals surface area contributed by atoms with Crippen molar-refractivity contribution in [3.63, 3.8) is 0 Å². The molecule has 2 aromatic carbocycles. The maximum absolute atomic E-state index is 12.9. The van der Waals surface area contributed by atoms with E-state index in [1.54, 1.807) is 18.2 Å². The number of hydrogen-bond donors (Lipinski definition) is 2. The summed E-state index contributed by atoms with van der Waals surface area (Å²) >= 11 is 0. The number of halogens is 1. The summed E-state index contributed by atoms with van der Waals surface area (Å²) < 4.78 is 12.9. The molecule has 0 unspecified atom stereocenters. The van der Waals surface area contributed by atoms with Gasteiger partial charge in [0.15, 0.2) is 0 Å². The predicted molar refractivity (Wildman–Crippen MR) is 99.6 cm³/mol. The van der Waals surface area contributed by atoms with Crippen LogP contribution in [-0.4, -0.2) is 15.9 Å². The van der Waals surface area contributed by atoms with E-state index < -0.39 is 0 Å². The summed E-state index contributed by atoms with van der Waals surface area (Å²) in [7, 11) is 0. The maximum atomic E-state index is 12.9. The largest absolute Gasteiger partial charge is 0.366 e. The molecule has 0 aliphatic rings. The van der Waals surface area contributed by atoms with Gasteiger partial charge in [0.25, 0.3) is 5.91 Å². The molecule has 2 N–H and O–H groups in total. The van der Waals surface area contributed by atoms with Gasteiger partial charge >= 0.3 is 0 Å². The average molecular weight is 350 g/mol. The summed E-state index contributed by atoms with van der Waals surface area (Å²) in [6, 6.07) is 13.6. The normalized spacial score (nSPS) is 10.4. The zero-order chi connectivity index (χ0) is 18.5. The zero-order valence-corrected chi connectivity index (χ0v) is 14.6. The van der Waals surface area contributed by atoms with Gasteiger partial charge in [0.2, 0.25) is 0 Å². The van der Waals surface area contributed by atoms with Gasteiger partial charge in [-0.25, -0.2) is 14.4 Å². The molecular formula is C20H19FN4O. The molecule has 1 amide bonds. The molecule has 132 valence electrons. The Morgan fingerprint density at radius 1 is 1.04 bits per heavy atom. The lowest BCUT2D eigenvalue weighted by atomic mass is 10.1. The molecular weight excluding hydrogens is 331 g/mol. The number of aryl methyl sites for hydroxylation is 2. The van der Waals surface area contributed by atoms with Gasteiger partial charge in [0.1, 0.15) is 23.7 Å². The van der Waals surface area contributed by atoms with Crippen molar-refractivity contribution in [3.8, 4) is 0 Å². The van der Waals surface area contributed by atoms with Crippen molar-refractivity contribution in [2.45, 2.75) is 20.4 Å². The van der Waals surface area contributed by atoms with E-state index in [0.29, 0.717) is 12.4 Å². The fourth-order valence-electron chi connectivity index (χ4n) is 2.51. The smallest absolute Gasteiger partial charge is 0.274 e. The number of anilines is 2. The highest BCUT2D eigenvalue weighted by atomic mass is 19.1. The Hall–Kier alpha value is -3.28. The number of amides is 1. The Morgan fingerprint density at radius 3 is 2.54 bits per heavy atom. The van der Waals surface area contributed by atoms with Gasteiger partial charge in [-0.1, -0.05) is 29.8 Å². The molecule has 0 saturated carbocycles. The predicted octanol–water partition coefficient (Wildman–Crippen LogP) is 4.10. The first-order chi connectivity index (χ1) is 12.5. The van der Waals surface area contributed by atoms with E-state index in [1.165, 1.54) is 18.5 Å². The second-order valence-corrected chi connectivity index (χ2v) is 6.04. The van der Waals surface area contributed by atoms with Crippen LogP contribution in [0, 0.1) is 19.7 Å². The van der Waals surface area contributed by atoms with Crippen LogP contribution in [-0.2, 0) is 6.54 Å². The number of carbonyl (C=O) groups excluding carboxylic acids is 1. The maximum Gasteiger partial charge on any atom is 0.274 e. The molecule has 0 aliphatic heterocycles. The van der Waals surface area contributed by atoms with Crippen LogP contribution in [0.25, 0.3) is 0 Å². The van der Waals surface area contributed by atoms with E-state index in [-0.39, 0.29) is 17.4 Å². The highest BCUT2D eigenvalue weighted by molar-refractivity contribution is 6.03. The van der Waals surface area contributed by atoms with Crippen LogP contribution in [0.3, 0.4) is 0 Å². The summed E-state index contributed by atoms with van der Waals surface area (Å²) in [5.41, 5.74) is 4.05. The minimum absolute atomic E-state index is 0.265. The van der Waals surface area contributed by atoms with Crippen LogP contribution in [0.1, 0.15) is 27.2 Å². The molecule has 0 atom stereocenters. The molecule has 0 aliphatic carbocycles. The van der Waals surface area contributed by atoms with Gasteiger partial charge in [0, 0.05) is 18.3 Å². The van der Waals surface area contributed by atoms with Gasteiger partial charge in [-0.05, 0) is 43.2 Å². The SMILES string of the molecule is Cc1ccc(NC(=O)c2cc(NCc3ccc(F)cc3)ncn2)c(C)c1. The number of carbonyl (C=O) groups is 1. The molecule has 5 nitrogen and oxygen atoms in total. The van der Waals surface area contributed by atoms with Crippen molar-refractivity contribution in [2.75, 3.05) is 10.6 Å². The average Bonchev–Trinajstić information content (AvgIpc) is 2.64. The summed E-state index contributed by atoms with van der Waals surface area (Å²) in [5.74, 6) is -0.0552. The van der Waals surface area contributed by atoms with Crippen molar-refractivity contribution in [1.29, 1.82) is 0 Å². The number of nitrogens with zero attached hydrogens (tertiary/aromatic N) is 2. The Bertz CT molecular complexity index is 925. The van der Waals surface area contributed by atoms with Crippen molar-refractivity contribution in [1.82, 2.24) is 9.97 Å². The summed E-state index contributed by atoms with van der Waals surface area (Å²) in [5, 5.41) is 5.97. The Kier molecular flexibility index (Phi) is 5.22. The van der Waals surface area contributed by atoms with Crippen molar-refractivity contribution < 1.29 is 9.18 Å². The zero-order valence-electron chi connectivity index (χ0n) is 14.6. The van der Waals surface area contributed by atoms with Crippen molar-refractivity contribution in [3.05, 3.63) is 83.1 Å². The van der Waals surface area contributed by atoms with Gasteiger partial charge in [-0.3, -0.25) is 4.79 Å². The highest BCUT2D eigenvalue weighted by Gasteiger charge is 2.10. The highest BCUT2D eigenvalue weighted by Crippen LogP contribution is 2.17. The van der Waals surface area contributed by atoms with Gasteiger partial charge in [0.05, 0.1) is 0 Å². The first kappa shape index (κ1) is 17.5. The lowest BCUT2D eigenvalue weighted by Crippen LogP contribution is -2.15. The molecule has 1 heterocycles. The fraction of sp³-hybridized carbons (Fsp3) is 0.150. The molecule has 1 aromatic heterocycles. The van der Waals surface area contributed by atoms with E-state index in [2.05, 4.69) is 20.6 Å². The minimum atomic E-state index is -0.302. The Labute approximate surface area is 151 Å². The molecule has 0 bridgehead atoms. The van der Waals surface area contributed by atoms with E-state index in [0.717, 1.165) is 22.4 Å². The minimum Gasteiger partial charge on any atom is -0.366 e. The molecule has 0 spiro atoms. The monoisotopic (exact) mass is 350 g/mol. The van der Waals surface area contributed by atoms with Crippen LogP contribution < -0.4 is 10.6 Å². The Balaban J connectivity index is 1.67. The first-order valence-electron chi connectivity index (χ1n) is 8.20. The third-order valence-electron chi connectivity index (χ3n) is 3.92. The molecule has 0 saturated heterocycles. The second-order valence-electron chi connectivity index (χ2n) is 6.04. The van der Waals surface area contributed by atoms with E-state index in [4.69, 9.17) is 0 Å². The topological polar surface area (TPSA) is 66.9 Å². The molecule has 26 heavy (non-hydrogen) atoms. The van der Waals surface area contributed by atoms with Crippen LogP contribution in [0.4, 0.5) is 15.9 Å². The van der Waals surface area contributed by atoms with Crippen molar-refractivity contribution in [2.24, 2.45) is 0 Å². The van der Waals surface area contributed by atoms with Crippen LogP contribution >= 0.6 is 0 Å². The van der Waals surface area contributed by atoms with E-state index >= 15 is 0 Å². The molecule has 6 heteroatoms. The molecule has 0 radical (unpaired) electrons. The number of hydrogen-bond acceptors (Lipinski definition) is 4. The first-order valence-corrected chi connectivity index (χ1v) is 8.20. The standard InChI is InChI=1S/C20H19FN4O/c1-13-3-8-17(14(2)9-13)25-20(26)18-10-19(24-12-23-18)22-11-15-4-6-16(21)7-5-15/h3-10,12H,11H2,1-2H3,(H,25,26)(H,22,23,24). The molecule has 3 rings (SSSR count). The van der Waals surface area contributed by atoms with Crippen LogP contribution in [0.15, 0.2) is 54.9 Å². The number of benzene rings is 2. The summed E-state index contributed by atoms with van der Waals surface area (Å²) in [6.45, 7) is 4.41. The fourth-order valence-corrected chi connectivity index (χ4v) is 2.51.